The van der Waals surface area contributed by atoms with E-state index in [9.17, 15) is 0 Å². The second kappa shape index (κ2) is 5.01. The molecule has 0 bridgehead atoms. The summed E-state index contributed by atoms with van der Waals surface area (Å²) < 4.78 is 5.91. The standard InChI is InChI=1S/C15H20N2O/c1-12-6-5-9-17(11-12)15-16-10-14(18-15)13-7-3-2-4-8-13/h3,7-8,10,12H,2,4-6,9,11H2,1H3. The van der Waals surface area contributed by atoms with Crippen LogP contribution in [0.15, 0.2) is 28.8 Å². The number of hydrogen-bond acceptors (Lipinski definition) is 3. The first-order chi connectivity index (χ1) is 8.83. The fourth-order valence-corrected chi connectivity index (χ4v) is 2.70. The van der Waals surface area contributed by atoms with Crippen LogP contribution in [0.1, 0.15) is 38.4 Å². The van der Waals surface area contributed by atoms with Gasteiger partial charge in [0.05, 0.1) is 6.20 Å². The third-order valence-electron chi connectivity index (χ3n) is 3.70. The molecule has 0 spiro atoms. The van der Waals surface area contributed by atoms with Gasteiger partial charge in [-0.15, -0.1) is 0 Å². The number of aromatic nitrogens is 1. The Morgan fingerprint density at radius 1 is 1.39 bits per heavy atom. The van der Waals surface area contributed by atoms with Gasteiger partial charge < -0.3 is 9.32 Å². The summed E-state index contributed by atoms with van der Waals surface area (Å²) in [7, 11) is 0. The van der Waals surface area contributed by atoms with E-state index in [4.69, 9.17) is 4.42 Å². The highest BCUT2D eigenvalue weighted by molar-refractivity contribution is 5.71. The molecule has 96 valence electrons. The van der Waals surface area contributed by atoms with Crippen LogP contribution < -0.4 is 4.90 Å². The highest BCUT2D eigenvalue weighted by Gasteiger charge is 2.20. The molecule has 1 aromatic rings. The van der Waals surface area contributed by atoms with Gasteiger partial charge in [0.1, 0.15) is 0 Å². The molecule has 1 aliphatic heterocycles. The van der Waals surface area contributed by atoms with Gasteiger partial charge >= 0.3 is 0 Å². The lowest BCUT2D eigenvalue weighted by Gasteiger charge is -2.29. The van der Waals surface area contributed by atoms with Crippen LogP contribution >= 0.6 is 0 Å². The molecule has 0 radical (unpaired) electrons. The van der Waals surface area contributed by atoms with Gasteiger partial charge in [0, 0.05) is 18.7 Å². The Bertz CT molecular complexity index is 473. The zero-order valence-corrected chi connectivity index (χ0v) is 10.9. The van der Waals surface area contributed by atoms with Crippen molar-refractivity contribution in [3.8, 4) is 0 Å². The minimum absolute atomic E-state index is 0.739. The van der Waals surface area contributed by atoms with Crippen LogP contribution in [0.2, 0.25) is 0 Å². The maximum absolute atomic E-state index is 5.91. The molecule has 0 amide bonds. The van der Waals surface area contributed by atoms with Crippen molar-refractivity contribution >= 4 is 11.6 Å². The van der Waals surface area contributed by atoms with Gasteiger partial charge in [-0.25, -0.2) is 4.98 Å². The summed E-state index contributed by atoms with van der Waals surface area (Å²) in [6.45, 7) is 4.43. The van der Waals surface area contributed by atoms with E-state index in [1.165, 1.54) is 18.4 Å². The number of rotatable bonds is 2. The summed E-state index contributed by atoms with van der Waals surface area (Å²) >= 11 is 0. The van der Waals surface area contributed by atoms with Crippen molar-refractivity contribution in [2.45, 2.75) is 32.6 Å². The smallest absolute Gasteiger partial charge is 0.297 e. The van der Waals surface area contributed by atoms with Crippen LogP contribution in [0.25, 0.3) is 5.57 Å². The fourth-order valence-electron chi connectivity index (χ4n) is 2.70. The molecule has 1 unspecified atom stereocenters. The van der Waals surface area contributed by atoms with Gasteiger partial charge in [-0.2, -0.15) is 0 Å². The topological polar surface area (TPSA) is 29.3 Å². The molecule has 0 N–H and O–H groups in total. The van der Waals surface area contributed by atoms with Crippen LogP contribution in [0.4, 0.5) is 6.01 Å². The Labute approximate surface area is 108 Å². The summed E-state index contributed by atoms with van der Waals surface area (Å²) in [5.41, 5.74) is 1.17. The Kier molecular flexibility index (Phi) is 3.22. The molecule has 2 heterocycles. The highest BCUT2D eigenvalue weighted by atomic mass is 16.4. The molecule has 3 rings (SSSR count). The summed E-state index contributed by atoms with van der Waals surface area (Å²) in [5, 5.41) is 0. The summed E-state index contributed by atoms with van der Waals surface area (Å²) in [6, 6.07) is 0.788. The Hall–Kier alpha value is -1.51. The molecule has 1 aromatic heterocycles. The van der Waals surface area contributed by atoms with Crippen molar-refractivity contribution < 1.29 is 4.42 Å². The van der Waals surface area contributed by atoms with Crippen molar-refractivity contribution in [3.05, 3.63) is 30.2 Å². The minimum atomic E-state index is 0.739. The van der Waals surface area contributed by atoms with Crippen molar-refractivity contribution in [1.29, 1.82) is 0 Å². The third-order valence-corrected chi connectivity index (χ3v) is 3.70. The molecule has 18 heavy (non-hydrogen) atoms. The van der Waals surface area contributed by atoms with Gasteiger partial charge in [0.2, 0.25) is 0 Å². The van der Waals surface area contributed by atoms with Crippen LogP contribution in [0, 0.1) is 5.92 Å². The van der Waals surface area contributed by atoms with Gasteiger partial charge in [-0.3, -0.25) is 0 Å². The molecular formula is C15H20N2O. The molecule has 0 saturated carbocycles. The predicted octanol–water partition coefficient (Wildman–Crippen LogP) is 3.64. The largest absolute Gasteiger partial charge is 0.423 e. The first-order valence-corrected chi connectivity index (χ1v) is 6.91. The average Bonchev–Trinajstić information content (AvgIpc) is 2.89. The Morgan fingerprint density at radius 3 is 3.11 bits per heavy atom. The number of nitrogens with zero attached hydrogens (tertiary/aromatic N) is 2. The normalized spacial score (nSPS) is 24.2. The predicted molar refractivity (Wildman–Crippen MR) is 73.5 cm³/mol. The first kappa shape index (κ1) is 11.6. The Morgan fingerprint density at radius 2 is 2.33 bits per heavy atom. The van der Waals surface area contributed by atoms with Gasteiger partial charge in [-0.05, 0) is 31.6 Å². The van der Waals surface area contributed by atoms with E-state index in [0.717, 1.165) is 43.6 Å². The van der Waals surface area contributed by atoms with E-state index >= 15 is 0 Å². The van der Waals surface area contributed by atoms with E-state index in [-0.39, 0.29) is 0 Å². The SMILES string of the molecule is CC1CCCN(c2ncc(C3=CCCC=C3)o2)C1. The van der Waals surface area contributed by atoms with Crippen molar-refractivity contribution in [3.63, 3.8) is 0 Å². The molecule has 0 aromatic carbocycles. The van der Waals surface area contributed by atoms with Gasteiger partial charge in [0.15, 0.2) is 5.76 Å². The lowest BCUT2D eigenvalue weighted by molar-refractivity contribution is 0.414. The van der Waals surface area contributed by atoms with Gasteiger partial charge in [-0.1, -0.05) is 25.2 Å². The zero-order valence-electron chi connectivity index (χ0n) is 10.9. The molecule has 2 aliphatic rings. The average molecular weight is 244 g/mol. The molecule has 1 saturated heterocycles. The van der Waals surface area contributed by atoms with E-state index < -0.39 is 0 Å². The zero-order chi connectivity index (χ0) is 12.4. The first-order valence-electron chi connectivity index (χ1n) is 6.91. The van der Waals surface area contributed by atoms with E-state index in [1.807, 2.05) is 6.20 Å². The molecule has 3 nitrogen and oxygen atoms in total. The summed E-state index contributed by atoms with van der Waals surface area (Å²) in [6.07, 6.45) is 13.2. The van der Waals surface area contributed by atoms with Crippen molar-refractivity contribution in [2.24, 2.45) is 5.92 Å². The monoisotopic (exact) mass is 244 g/mol. The van der Waals surface area contributed by atoms with Crippen LogP contribution in [-0.2, 0) is 0 Å². The summed E-state index contributed by atoms with van der Waals surface area (Å²) in [5.74, 6) is 1.64. The molecular weight excluding hydrogens is 224 g/mol. The molecule has 1 atom stereocenters. The number of hydrogen-bond donors (Lipinski definition) is 0. The van der Waals surface area contributed by atoms with Crippen LogP contribution in [-0.4, -0.2) is 18.1 Å². The lowest BCUT2D eigenvalue weighted by atomic mass is 10.0. The molecule has 1 fully saturated rings. The molecule has 1 aliphatic carbocycles. The maximum Gasteiger partial charge on any atom is 0.297 e. The fraction of sp³-hybridized carbons (Fsp3) is 0.533. The van der Waals surface area contributed by atoms with Gasteiger partial charge in [0.25, 0.3) is 6.01 Å². The van der Waals surface area contributed by atoms with Crippen LogP contribution in [0.3, 0.4) is 0 Å². The second-order valence-corrected chi connectivity index (χ2v) is 5.34. The second-order valence-electron chi connectivity index (χ2n) is 5.34. The summed E-state index contributed by atoms with van der Waals surface area (Å²) in [4.78, 5) is 6.70. The Balaban J connectivity index is 1.76. The maximum atomic E-state index is 5.91. The van der Waals surface area contributed by atoms with Crippen LogP contribution in [0.5, 0.6) is 0 Å². The molecule has 3 heteroatoms. The number of allylic oxidation sites excluding steroid dienone is 4. The van der Waals surface area contributed by atoms with Crippen molar-refractivity contribution in [1.82, 2.24) is 4.98 Å². The van der Waals surface area contributed by atoms with Crippen molar-refractivity contribution in [2.75, 3.05) is 18.0 Å². The van der Waals surface area contributed by atoms with E-state index in [2.05, 4.69) is 35.0 Å². The van der Waals surface area contributed by atoms with E-state index in [0.29, 0.717) is 0 Å². The quantitative estimate of drug-likeness (QED) is 0.795. The lowest BCUT2D eigenvalue weighted by Crippen LogP contribution is -2.34. The van der Waals surface area contributed by atoms with E-state index in [1.54, 1.807) is 0 Å². The number of piperidine rings is 1. The highest BCUT2D eigenvalue weighted by Crippen LogP contribution is 2.27. The number of oxazole rings is 1. The third kappa shape index (κ3) is 2.35. The minimum Gasteiger partial charge on any atom is -0.423 e. The number of anilines is 1.